The van der Waals surface area contributed by atoms with E-state index >= 15 is 0 Å². The van der Waals surface area contributed by atoms with Gasteiger partial charge in [-0.2, -0.15) is 0 Å². The highest BCUT2D eigenvalue weighted by molar-refractivity contribution is 6.31. The first-order valence-corrected chi connectivity index (χ1v) is 10.5. The highest BCUT2D eigenvalue weighted by atomic mass is 35.5. The zero-order chi connectivity index (χ0) is 19.3. The van der Waals surface area contributed by atoms with E-state index in [4.69, 9.17) is 26.1 Å². The van der Waals surface area contributed by atoms with Gasteiger partial charge >= 0.3 is 0 Å². The van der Waals surface area contributed by atoms with Gasteiger partial charge in [0.25, 0.3) is 0 Å². The molecule has 0 saturated carbocycles. The van der Waals surface area contributed by atoms with Crippen molar-refractivity contribution in [3.05, 3.63) is 34.9 Å². The van der Waals surface area contributed by atoms with Crippen LogP contribution in [0.2, 0.25) is 5.02 Å². The van der Waals surface area contributed by atoms with Crippen molar-refractivity contribution in [1.82, 2.24) is 10.2 Å². The number of rotatable bonds is 10. The van der Waals surface area contributed by atoms with E-state index in [1.54, 1.807) is 7.11 Å². The third-order valence-corrected chi connectivity index (χ3v) is 5.12. The fraction of sp³-hybridized carbons (Fsp3) is 0.667. The van der Waals surface area contributed by atoms with Crippen LogP contribution in [-0.2, 0) is 15.9 Å². The summed E-state index contributed by atoms with van der Waals surface area (Å²) in [7, 11) is 1.73. The Kier molecular flexibility index (Phi) is 10.6. The molecule has 1 saturated heterocycles. The molecule has 27 heavy (non-hydrogen) atoms. The van der Waals surface area contributed by atoms with E-state index in [1.807, 2.05) is 18.2 Å². The predicted octanol–water partition coefficient (Wildman–Crippen LogP) is 3.76. The Morgan fingerprint density at radius 2 is 2.00 bits per heavy atom. The molecule has 0 aliphatic carbocycles. The summed E-state index contributed by atoms with van der Waals surface area (Å²) in [4.78, 5) is 7.18. The molecule has 1 heterocycles. The summed E-state index contributed by atoms with van der Waals surface area (Å²) < 4.78 is 11.0. The van der Waals surface area contributed by atoms with Gasteiger partial charge in [-0.05, 0) is 50.7 Å². The molecule has 0 radical (unpaired) electrons. The largest absolute Gasteiger partial charge is 0.385 e. The van der Waals surface area contributed by atoms with Crippen molar-refractivity contribution in [3.63, 3.8) is 0 Å². The third kappa shape index (κ3) is 8.08. The van der Waals surface area contributed by atoms with E-state index < -0.39 is 0 Å². The maximum atomic E-state index is 6.23. The second-order valence-corrected chi connectivity index (χ2v) is 7.24. The van der Waals surface area contributed by atoms with Gasteiger partial charge in [0.05, 0.1) is 6.10 Å². The Bertz CT molecular complexity index is 560. The van der Waals surface area contributed by atoms with Crippen LogP contribution in [0.15, 0.2) is 29.3 Å². The lowest BCUT2D eigenvalue weighted by Gasteiger charge is -2.34. The van der Waals surface area contributed by atoms with Crippen molar-refractivity contribution in [2.45, 2.75) is 45.1 Å². The van der Waals surface area contributed by atoms with E-state index in [-0.39, 0.29) is 0 Å². The second kappa shape index (κ2) is 13.0. The molecular weight excluding hydrogens is 362 g/mol. The molecule has 1 aromatic carbocycles. The Balaban J connectivity index is 1.74. The normalized spacial score (nSPS) is 16.0. The Morgan fingerprint density at radius 1 is 1.22 bits per heavy atom. The topological polar surface area (TPSA) is 46.1 Å². The van der Waals surface area contributed by atoms with Crippen LogP contribution in [0.1, 0.15) is 38.2 Å². The van der Waals surface area contributed by atoms with Gasteiger partial charge in [0.1, 0.15) is 0 Å². The number of guanidine groups is 1. The van der Waals surface area contributed by atoms with Crippen molar-refractivity contribution in [1.29, 1.82) is 0 Å². The van der Waals surface area contributed by atoms with Gasteiger partial charge in [-0.3, -0.25) is 4.99 Å². The van der Waals surface area contributed by atoms with Gasteiger partial charge in [0, 0.05) is 51.5 Å². The van der Waals surface area contributed by atoms with Crippen LogP contribution in [0.3, 0.4) is 0 Å². The zero-order valence-corrected chi connectivity index (χ0v) is 17.5. The van der Waals surface area contributed by atoms with Crippen LogP contribution < -0.4 is 5.32 Å². The van der Waals surface area contributed by atoms with Gasteiger partial charge in [-0.1, -0.05) is 29.8 Å². The third-order valence-electron chi connectivity index (χ3n) is 4.75. The Morgan fingerprint density at radius 3 is 2.70 bits per heavy atom. The summed E-state index contributed by atoms with van der Waals surface area (Å²) in [5, 5.41) is 4.28. The first-order valence-electron chi connectivity index (χ1n) is 10.1. The molecule has 0 aromatic heterocycles. The summed E-state index contributed by atoms with van der Waals surface area (Å²) in [6.45, 7) is 7.35. The number of nitrogens with zero attached hydrogens (tertiary/aromatic N) is 2. The average Bonchev–Trinajstić information content (AvgIpc) is 2.69. The molecule has 0 spiro atoms. The van der Waals surface area contributed by atoms with E-state index in [2.05, 4.69) is 23.2 Å². The van der Waals surface area contributed by atoms with E-state index in [0.29, 0.717) is 6.10 Å². The second-order valence-electron chi connectivity index (χ2n) is 6.83. The Hall–Kier alpha value is -1.30. The lowest BCUT2D eigenvalue weighted by atomic mass is 10.1. The molecule has 0 unspecified atom stereocenters. The molecule has 5 nitrogen and oxygen atoms in total. The zero-order valence-electron chi connectivity index (χ0n) is 16.8. The fourth-order valence-corrected chi connectivity index (χ4v) is 3.50. The van der Waals surface area contributed by atoms with Crippen LogP contribution in [0.4, 0.5) is 0 Å². The van der Waals surface area contributed by atoms with Crippen molar-refractivity contribution in [3.8, 4) is 0 Å². The number of hydrogen-bond donors (Lipinski definition) is 1. The van der Waals surface area contributed by atoms with Gasteiger partial charge in [0.2, 0.25) is 0 Å². The van der Waals surface area contributed by atoms with Crippen LogP contribution in [0, 0.1) is 0 Å². The molecule has 1 aliphatic rings. The van der Waals surface area contributed by atoms with E-state index in [0.717, 1.165) is 82.5 Å². The molecule has 0 bridgehead atoms. The monoisotopic (exact) mass is 395 g/mol. The van der Waals surface area contributed by atoms with Gasteiger partial charge in [-0.15, -0.1) is 0 Å². The number of aliphatic imine (C=N–C) groups is 1. The van der Waals surface area contributed by atoms with Crippen LogP contribution in [0.5, 0.6) is 0 Å². The standard InChI is InChI=1S/C21H34ClN3O2/c1-3-23-21(24-13-6-9-18-8-4-5-10-20(18)22)25-14-11-19(12-15-25)27-17-7-16-26-2/h4-5,8,10,19H,3,6-7,9,11-17H2,1-2H3,(H,23,24). The summed E-state index contributed by atoms with van der Waals surface area (Å²) in [6, 6.07) is 8.05. The quantitative estimate of drug-likeness (QED) is 0.372. The molecule has 0 atom stereocenters. The molecule has 152 valence electrons. The molecule has 1 fully saturated rings. The number of piperidine rings is 1. The lowest BCUT2D eigenvalue weighted by molar-refractivity contribution is 0.00990. The summed E-state index contributed by atoms with van der Waals surface area (Å²) >= 11 is 6.23. The summed E-state index contributed by atoms with van der Waals surface area (Å²) in [6.07, 6.45) is 5.39. The number of benzene rings is 1. The van der Waals surface area contributed by atoms with Crippen LogP contribution >= 0.6 is 11.6 Å². The molecule has 1 aromatic rings. The summed E-state index contributed by atoms with van der Waals surface area (Å²) in [5.74, 6) is 1.02. The fourth-order valence-electron chi connectivity index (χ4n) is 3.27. The van der Waals surface area contributed by atoms with Crippen LogP contribution in [0.25, 0.3) is 0 Å². The number of nitrogens with one attached hydrogen (secondary N) is 1. The molecule has 1 aliphatic heterocycles. The minimum atomic E-state index is 0.362. The summed E-state index contributed by atoms with van der Waals surface area (Å²) in [5.41, 5.74) is 1.20. The average molecular weight is 396 g/mol. The Labute approximate surface area is 169 Å². The van der Waals surface area contributed by atoms with Crippen molar-refractivity contribution >= 4 is 17.6 Å². The first-order chi connectivity index (χ1) is 13.2. The van der Waals surface area contributed by atoms with Crippen molar-refractivity contribution < 1.29 is 9.47 Å². The number of likely N-dealkylation sites (tertiary alicyclic amines) is 1. The smallest absolute Gasteiger partial charge is 0.193 e. The predicted molar refractivity (Wildman–Crippen MR) is 113 cm³/mol. The highest BCUT2D eigenvalue weighted by Gasteiger charge is 2.21. The SMILES string of the molecule is CCNC(=NCCCc1ccccc1Cl)N1CCC(OCCCOC)CC1. The van der Waals surface area contributed by atoms with E-state index in [1.165, 1.54) is 5.56 Å². The lowest BCUT2D eigenvalue weighted by Crippen LogP contribution is -2.47. The van der Waals surface area contributed by atoms with Gasteiger partial charge < -0.3 is 19.7 Å². The minimum Gasteiger partial charge on any atom is -0.385 e. The molecule has 1 N–H and O–H groups in total. The molecule has 0 amide bonds. The maximum absolute atomic E-state index is 6.23. The first kappa shape index (κ1) is 22.0. The number of aryl methyl sites for hydroxylation is 1. The molecule has 2 rings (SSSR count). The molecule has 6 heteroatoms. The van der Waals surface area contributed by atoms with Crippen molar-refractivity contribution in [2.75, 3.05) is 46.5 Å². The van der Waals surface area contributed by atoms with Crippen molar-refractivity contribution in [2.24, 2.45) is 4.99 Å². The van der Waals surface area contributed by atoms with Crippen LogP contribution in [-0.4, -0.2) is 63.5 Å². The minimum absolute atomic E-state index is 0.362. The number of methoxy groups -OCH3 is 1. The molecular formula is C21H34ClN3O2. The van der Waals surface area contributed by atoms with E-state index in [9.17, 15) is 0 Å². The maximum Gasteiger partial charge on any atom is 0.193 e. The van der Waals surface area contributed by atoms with Gasteiger partial charge in [0.15, 0.2) is 5.96 Å². The van der Waals surface area contributed by atoms with Gasteiger partial charge in [-0.25, -0.2) is 0 Å². The number of hydrogen-bond acceptors (Lipinski definition) is 3. The highest BCUT2D eigenvalue weighted by Crippen LogP contribution is 2.17. The number of halogens is 1. The number of ether oxygens (including phenoxy) is 2.